The Balaban J connectivity index is 1.68. The fraction of sp³-hybridized carbons (Fsp3) is 0.389. The first-order chi connectivity index (χ1) is 12.7. The van der Waals surface area contributed by atoms with Crippen molar-refractivity contribution in [1.29, 1.82) is 0 Å². The quantitative estimate of drug-likeness (QED) is 0.815. The van der Waals surface area contributed by atoms with Gasteiger partial charge in [-0.2, -0.15) is 4.98 Å². The number of Topliss-reactive ketones (excluding diaryl/α,β-unsaturated/α-hetero) is 1. The Bertz CT molecular complexity index is 937. The minimum atomic E-state index is -0.293. The molecule has 8 heteroatoms. The largest absolute Gasteiger partial charge is 0.486 e. The van der Waals surface area contributed by atoms with Crippen LogP contribution in [0.5, 0.6) is 11.5 Å². The van der Waals surface area contributed by atoms with Crippen LogP contribution in [0.25, 0.3) is 0 Å². The van der Waals surface area contributed by atoms with Gasteiger partial charge in [-0.3, -0.25) is 4.79 Å². The molecule has 134 valence electrons. The molecule has 3 heterocycles. The molecule has 0 saturated heterocycles. The minimum Gasteiger partial charge on any atom is -0.486 e. The lowest BCUT2D eigenvalue weighted by Gasteiger charge is -2.32. The summed E-state index contributed by atoms with van der Waals surface area (Å²) < 4.78 is 13.2. The molecule has 3 aliphatic rings. The van der Waals surface area contributed by atoms with Gasteiger partial charge in [-0.25, -0.2) is 4.68 Å². The number of hydrogen-bond donors (Lipinski definition) is 1. The summed E-state index contributed by atoms with van der Waals surface area (Å²) in [6, 6.07) is 5.56. The van der Waals surface area contributed by atoms with Gasteiger partial charge in [0.05, 0.1) is 0 Å². The number of rotatable bonds is 2. The second kappa shape index (κ2) is 6.05. The normalized spacial score (nSPS) is 21.1. The second-order valence-corrected chi connectivity index (χ2v) is 7.24. The molecule has 0 radical (unpaired) electrons. The van der Waals surface area contributed by atoms with E-state index >= 15 is 0 Å². The zero-order chi connectivity index (χ0) is 17.7. The summed E-state index contributed by atoms with van der Waals surface area (Å²) in [6.45, 7) is 1.08. The zero-order valence-electron chi connectivity index (χ0n) is 14.3. The monoisotopic (exact) mass is 370 g/mol. The number of carbonyl (C=O) groups is 1. The number of hydrogen-bond acceptors (Lipinski definition) is 7. The molecule has 0 amide bonds. The molecule has 1 unspecified atom stereocenters. The first kappa shape index (κ1) is 15.7. The molecular formula is C18H18N4O3S. The Morgan fingerprint density at radius 3 is 2.92 bits per heavy atom. The number of ether oxygens (including phenoxy) is 2. The Morgan fingerprint density at radius 1 is 1.23 bits per heavy atom. The molecule has 5 rings (SSSR count). The summed E-state index contributed by atoms with van der Waals surface area (Å²) in [5, 5.41) is 8.62. The number of ketones is 1. The number of anilines is 1. The second-order valence-electron chi connectivity index (χ2n) is 6.47. The summed E-state index contributed by atoms with van der Waals surface area (Å²) in [5.74, 6) is 2.30. The number of benzene rings is 1. The van der Waals surface area contributed by atoms with Crippen molar-refractivity contribution in [2.24, 2.45) is 0 Å². The summed E-state index contributed by atoms with van der Waals surface area (Å²) in [7, 11) is 0. The Morgan fingerprint density at radius 2 is 2.08 bits per heavy atom. The Kier molecular flexibility index (Phi) is 3.66. The van der Waals surface area contributed by atoms with E-state index in [-0.39, 0.29) is 11.8 Å². The average molecular weight is 370 g/mol. The van der Waals surface area contributed by atoms with Crippen molar-refractivity contribution in [1.82, 2.24) is 14.8 Å². The number of aromatic nitrogens is 3. The van der Waals surface area contributed by atoms with Gasteiger partial charge >= 0.3 is 0 Å². The molecule has 0 bridgehead atoms. The molecule has 1 aliphatic carbocycles. The molecule has 0 fully saturated rings. The van der Waals surface area contributed by atoms with Crippen LogP contribution in [0, 0.1) is 0 Å². The molecule has 1 atom stereocenters. The van der Waals surface area contributed by atoms with Crippen LogP contribution in [0.1, 0.15) is 30.9 Å². The van der Waals surface area contributed by atoms with E-state index < -0.39 is 0 Å². The number of carbonyl (C=O) groups excluding carboxylic acids is 1. The molecule has 0 saturated carbocycles. The number of thioether (sulfide) groups is 1. The van der Waals surface area contributed by atoms with E-state index in [0.717, 1.165) is 35.4 Å². The number of fused-ring (bicyclic) bond motifs is 2. The van der Waals surface area contributed by atoms with Gasteiger partial charge in [0.25, 0.3) is 0 Å². The number of allylic oxidation sites excluding steroid dienone is 2. The van der Waals surface area contributed by atoms with Crippen molar-refractivity contribution in [2.45, 2.75) is 30.5 Å². The third-order valence-electron chi connectivity index (χ3n) is 4.91. The first-order valence-electron chi connectivity index (χ1n) is 8.68. The van der Waals surface area contributed by atoms with Gasteiger partial charge in [0.1, 0.15) is 19.3 Å². The highest BCUT2D eigenvalue weighted by Crippen LogP contribution is 2.42. The summed E-state index contributed by atoms with van der Waals surface area (Å²) >= 11 is 1.49. The average Bonchev–Trinajstić information content (AvgIpc) is 3.09. The highest BCUT2D eigenvalue weighted by Gasteiger charge is 2.37. The summed E-state index contributed by atoms with van der Waals surface area (Å²) in [6.07, 6.45) is 4.23. The van der Waals surface area contributed by atoms with E-state index in [4.69, 9.17) is 9.47 Å². The molecule has 26 heavy (non-hydrogen) atoms. The summed E-state index contributed by atoms with van der Waals surface area (Å²) in [5.41, 5.74) is 2.71. The van der Waals surface area contributed by atoms with E-state index in [9.17, 15) is 4.79 Å². The maximum absolute atomic E-state index is 12.8. The lowest BCUT2D eigenvalue weighted by molar-refractivity contribution is -0.116. The first-order valence-corrected chi connectivity index (χ1v) is 9.90. The fourth-order valence-corrected chi connectivity index (χ4v) is 4.11. The van der Waals surface area contributed by atoms with Crippen LogP contribution in [0.4, 0.5) is 5.95 Å². The summed E-state index contributed by atoms with van der Waals surface area (Å²) in [4.78, 5) is 17.3. The molecule has 2 aromatic rings. The van der Waals surface area contributed by atoms with E-state index in [1.807, 2.05) is 29.1 Å². The van der Waals surface area contributed by atoms with Gasteiger partial charge in [0.2, 0.25) is 11.1 Å². The lowest BCUT2D eigenvalue weighted by atomic mass is 9.85. The minimum absolute atomic E-state index is 0.172. The van der Waals surface area contributed by atoms with Crippen LogP contribution in [0.3, 0.4) is 0 Å². The molecule has 0 spiro atoms. The standard InChI is InChI=1S/C18H18N4O3S/c1-26-18-20-17-19-11-3-2-4-12(23)15(11)16(22(17)21-18)10-5-6-13-14(9-10)25-8-7-24-13/h5-6,9,16H,2-4,7-8H2,1H3,(H,19,20,21). The fourth-order valence-electron chi connectivity index (χ4n) is 3.76. The van der Waals surface area contributed by atoms with Gasteiger partial charge < -0.3 is 14.8 Å². The molecule has 7 nitrogen and oxygen atoms in total. The topological polar surface area (TPSA) is 78.3 Å². The van der Waals surface area contributed by atoms with Gasteiger partial charge in [0.15, 0.2) is 17.3 Å². The van der Waals surface area contributed by atoms with Crippen LogP contribution >= 0.6 is 11.8 Å². The van der Waals surface area contributed by atoms with Crippen LogP contribution < -0.4 is 14.8 Å². The van der Waals surface area contributed by atoms with Crippen LogP contribution in [-0.2, 0) is 4.79 Å². The van der Waals surface area contributed by atoms with E-state index in [0.29, 0.717) is 36.5 Å². The lowest BCUT2D eigenvalue weighted by Crippen LogP contribution is -2.31. The third-order valence-corrected chi connectivity index (χ3v) is 5.45. The Labute approximate surface area is 154 Å². The molecule has 1 aromatic heterocycles. The zero-order valence-corrected chi connectivity index (χ0v) is 15.1. The van der Waals surface area contributed by atoms with Crippen LogP contribution in [-0.4, -0.2) is 40.0 Å². The van der Waals surface area contributed by atoms with E-state index in [2.05, 4.69) is 15.4 Å². The van der Waals surface area contributed by atoms with E-state index in [1.165, 1.54) is 11.8 Å². The van der Waals surface area contributed by atoms with Crippen molar-refractivity contribution < 1.29 is 14.3 Å². The number of nitrogens with one attached hydrogen (secondary N) is 1. The SMILES string of the molecule is CSc1nc2n(n1)C(c1ccc3c(c1)OCCO3)C1=C(CCCC1=O)N2. The molecular weight excluding hydrogens is 352 g/mol. The maximum Gasteiger partial charge on any atom is 0.227 e. The maximum atomic E-state index is 12.8. The number of nitrogens with zero attached hydrogens (tertiary/aromatic N) is 3. The van der Waals surface area contributed by atoms with Crippen molar-refractivity contribution in [3.05, 3.63) is 35.0 Å². The predicted molar refractivity (Wildman–Crippen MR) is 96.9 cm³/mol. The molecule has 1 aromatic carbocycles. The predicted octanol–water partition coefficient (Wildman–Crippen LogP) is 2.79. The Hall–Kier alpha value is -2.48. The van der Waals surface area contributed by atoms with Crippen LogP contribution in [0.2, 0.25) is 0 Å². The smallest absolute Gasteiger partial charge is 0.227 e. The van der Waals surface area contributed by atoms with Crippen molar-refractivity contribution >= 4 is 23.5 Å². The van der Waals surface area contributed by atoms with Gasteiger partial charge in [0, 0.05) is 17.7 Å². The van der Waals surface area contributed by atoms with Crippen molar-refractivity contribution in [2.75, 3.05) is 24.8 Å². The molecule has 1 N–H and O–H groups in total. The van der Waals surface area contributed by atoms with Crippen molar-refractivity contribution in [3.63, 3.8) is 0 Å². The van der Waals surface area contributed by atoms with Gasteiger partial charge in [-0.05, 0) is 36.8 Å². The van der Waals surface area contributed by atoms with Gasteiger partial charge in [-0.15, -0.1) is 5.10 Å². The van der Waals surface area contributed by atoms with Gasteiger partial charge in [-0.1, -0.05) is 17.8 Å². The third kappa shape index (κ3) is 2.39. The van der Waals surface area contributed by atoms with E-state index in [1.54, 1.807) is 0 Å². The highest BCUT2D eigenvalue weighted by molar-refractivity contribution is 7.98. The molecule has 2 aliphatic heterocycles. The van der Waals surface area contributed by atoms with Crippen molar-refractivity contribution in [3.8, 4) is 11.5 Å². The highest BCUT2D eigenvalue weighted by atomic mass is 32.2. The van der Waals surface area contributed by atoms with Crippen LogP contribution in [0.15, 0.2) is 34.6 Å².